The molecule has 2 N–H and O–H groups in total. The summed E-state index contributed by atoms with van der Waals surface area (Å²) in [6.45, 7) is 2.97. The number of carbonyl (C=O) groups is 2. The smallest absolute Gasteiger partial charge is 0.449 e. The number of aliphatic carboxylic acids is 1. The summed E-state index contributed by atoms with van der Waals surface area (Å²) in [5, 5.41) is 11.6. The Morgan fingerprint density at radius 1 is 1.27 bits per heavy atom. The number of fused-ring (bicyclic) bond motifs is 1. The molecule has 1 unspecified atom stereocenters. The Bertz CT molecular complexity index is 799. The molecule has 0 saturated heterocycles. The third-order valence-corrected chi connectivity index (χ3v) is 3.86. The zero-order valence-electron chi connectivity index (χ0n) is 14.4. The summed E-state index contributed by atoms with van der Waals surface area (Å²) in [4.78, 5) is 26.9. The molecule has 6 nitrogen and oxygen atoms in total. The molecule has 0 fully saturated rings. The summed E-state index contributed by atoms with van der Waals surface area (Å²) in [6.07, 6.45) is -4.35. The molecule has 0 aliphatic heterocycles. The fourth-order valence-electron chi connectivity index (χ4n) is 2.73. The molecular weight excluding hydrogens is 351 g/mol. The molecule has 0 aliphatic rings. The molecule has 9 heteroatoms. The highest BCUT2D eigenvalue weighted by Crippen LogP contribution is 2.31. The number of hydrogen-bond acceptors (Lipinski definition) is 3. The molecule has 1 heterocycles. The molecule has 2 aromatic rings. The van der Waals surface area contributed by atoms with Gasteiger partial charge in [-0.3, -0.25) is 9.59 Å². The molecule has 26 heavy (non-hydrogen) atoms. The van der Waals surface area contributed by atoms with Crippen molar-refractivity contribution in [2.24, 2.45) is 11.8 Å². The van der Waals surface area contributed by atoms with Gasteiger partial charge in [-0.25, -0.2) is 4.98 Å². The van der Waals surface area contributed by atoms with Crippen molar-refractivity contribution in [1.29, 1.82) is 0 Å². The quantitative estimate of drug-likeness (QED) is 0.784. The van der Waals surface area contributed by atoms with Crippen LogP contribution in [0.4, 0.5) is 13.2 Å². The Balaban J connectivity index is 2.17. The fourth-order valence-corrected chi connectivity index (χ4v) is 2.73. The maximum Gasteiger partial charge on any atom is 0.449 e. The minimum Gasteiger partial charge on any atom is -0.481 e. The number of carboxylic acid groups (broad SMARTS) is 1. The highest BCUT2D eigenvalue weighted by Gasteiger charge is 2.38. The second kappa shape index (κ2) is 7.76. The molecule has 1 aromatic carbocycles. The number of halogens is 3. The maximum atomic E-state index is 13.2. The zero-order chi connectivity index (χ0) is 19.5. The van der Waals surface area contributed by atoms with E-state index >= 15 is 0 Å². The van der Waals surface area contributed by atoms with E-state index in [0.717, 1.165) is 4.57 Å². The predicted octanol–water partition coefficient (Wildman–Crippen LogP) is 2.92. The molecular formula is C17H20F3N3O3. The Kier molecular flexibility index (Phi) is 5.89. The van der Waals surface area contributed by atoms with E-state index in [9.17, 15) is 22.8 Å². The SMILES string of the molecule is CC(C)CC(CNC(=O)Cn1c(C(F)(F)F)nc2ccccc21)C(=O)O. The normalized spacial score (nSPS) is 13.2. The lowest BCUT2D eigenvalue weighted by molar-refractivity contribution is -0.147. The number of aromatic nitrogens is 2. The van der Waals surface area contributed by atoms with Crippen LogP contribution in [-0.2, 0) is 22.3 Å². The van der Waals surface area contributed by atoms with Crippen molar-refractivity contribution in [1.82, 2.24) is 14.9 Å². The highest BCUT2D eigenvalue weighted by atomic mass is 19.4. The number of alkyl halides is 3. The lowest BCUT2D eigenvalue weighted by Gasteiger charge is -2.16. The minimum atomic E-state index is -4.71. The number of imidazole rings is 1. The number of benzene rings is 1. The second-order valence-corrected chi connectivity index (χ2v) is 6.48. The minimum absolute atomic E-state index is 0.113. The molecule has 1 amide bonds. The molecule has 0 spiro atoms. The van der Waals surface area contributed by atoms with E-state index in [1.807, 2.05) is 13.8 Å². The Morgan fingerprint density at radius 2 is 1.92 bits per heavy atom. The monoisotopic (exact) mass is 371 g/mol. The van der Waals surface area contributed by atoms with Crippen LogP contribution in [0.15, 0.2) is 24.3 Å². The van der Waals surface area contributed by atoms with Crippen LogP contribution in [0.1, 0.15) is 26.1 Å². The van der Waals surface area contributed by atoms with Gasteiger partial charge in [-0.1, -0.05) is 26.0 Å². The predicted molar refractivity (Wildman–Crippen MR) is 88.3 cm³/mol. The first-order chi connectivity index (χ1) is 12.1. The molecule has 0 bridgehead atoms. The summed E-state index contributed by atoms with van der Waals surface area (Å²) in [5.41, 5.74) is 0.322. The third-order valence-electron chi connectivity index (χ3n) is 3.86. The van der Waals surface area contributed by atoms with Crippen LogP contribution in [-0.4, -0.2) is 33.1 Å². The van der Waals surface area contributed by atoms with Crippen LogP contribution in [0.5, 0.6) is 0 Å². The number of para-hydroxylation sites is 2. The van der Waals surface area contributed by atoms with Crippen LogP contribution in [0.2, 0.25) is 0 Å². The molecule has 2 rings (SSSR count). The fraction of sp³-hybridized carbons (Fsp3) is 0.471. The van der Waals surface area contributed by atoms with Gasteiger partial charge in [0, 0.05) is 6.54 Å². The van der Waals surface area contributed by atoms with Gasteiger partial charge in [-0.05, 0) is 24.5 Å². The highest BCUT2D eigenvalue weighted by molar-refractivity contribution is 5.81. The average molecular weight is 371 g/mol. The van der Waals surface area contributed by atoms with Gasteiger partial charge in [-0.2, -0.15) is 13.2 Å². The first kappa shape index (κ1) is 19.7. The van der Waals surface area contributed by atoms with Gasteiger partial charge in [0.1, 0.15) is 6.54 Å². The van der Waals surface area contributed by atoms with E-state index in [2.05, 4.69) is 10.3 Å². The standard InChI is InChI=1S/C17H20F3N3O3/c1-10(2)7-11(15(25)26)8-21-14(24)9-23-13-6-4-3-5-12(13)22-16(23)17(18,19)20/h3-6,10-11H,7-9H2,1-2H3,(H,21,24)(H,25,26). The summed E-state index contributed by atoms with van der Waals surface area (Å²) in [6, 6.07) is 6.00. The molecule has 0 saturated carbocycles. The van der Waals surface area contributed by atoms with Crippen molar-refractivity contribution in [3.63, 3.8) is 0 Å². The van der Waals surface area contributed by atoms with Crippen LogP contribution >= 0.6 is 0 Å². The number of hydrogen-bond donors (Lipinski definition) is 2. The van der Waals surface area contributed by atoms with Gasteiger partial charge < -0.3 is 15.0 Å². The van der Waals surface area contributed by atoms with Gasteiger partial charge in [0.05, 0.1) is 17.0 Å². The number of amides is 1. The van der Waals surface area contributed by atoms with E-state index in [1.165, 1.54) is 12.1 Å². The molecule has 1 aromatic heterocycles. The first-order valence-electron chi connectivity index (χ1n) is 8.11. The summed E-state index contributed by atoms with van der Waals surface area (Å²) >= 11 is 0. The zero-order valence-corrected chi connectivity index (χ0v) is 14.4. The molecule has 142 valence electrons. The van der Waals surface area contributed by atoms with Gasteiger partial charge in [0.25, 0.3) is 0 Å². The lowest BCUT2D eigenvalue weighted by Crippen LogP contribution is -2.36. The summed E-state index contributed by atoms with van der Waals surface area (Å²) in [5.74, 6) is -3.59. The van der Waals surface area contributed by atoms with Crippen LogP contribution < -0.4 is 5.32 Å². The maximum absolute atomic E-state index is 13.2. The van der Waals surface area contributed by atoms with Crippen molar-refractivity contribution in [2.75, 3.05) is 6.54 Å². The Labute approximate surface area is 148 Å². The first-order valence-corrected chi connectivity index (χ1v) is 8.11. The number of carbonyl (C=O) groups excluding carboxylic acids is 1. The van der Waals surface area contributed by atoms with Gasteiger partial charge in [0.2, 0.25) is 11.7 Å². The van der Waals surface area contributed by atoms with Crippen molar-refractivity contribution in [3.05, 3.63) is 30.1 Å². The van der Waals surface area contributed by atoms with Gasteiger partial charge >= 0.3 is 12.1 Å². The van der Waals surface area contributed by atoms with Crippen molar-refractivity contribution in [2.45, 2.75) is 33.0 Å². The summed E-state index contributed by atoms with van der Waals surface area (Å²) in [7, 11) is 0. The topological polar surface area (TPSA) is 84.2 Å². The van der Waals surface area contributed by atoms with Gasteiger partial charge in [-0.15, -0.1) is 0 Å². The Hall–Kier alpha value is -2.58. The van der Waals surface area contributed by atoms with E-state index in [4.69, 9.17) is 5.11 Å². The number of nitrogens with zero attached hydrogens (tertiary/aromatic N) is 2. The number of rotatable bonds is 7. The average Bonchev–Trinajstić information content (AvgIpc) is 2.90. The van der Waals surface area contributed by atoms with Crippen molar-refractivity contribution >= 4 is 22.9 Å². The van der Waals surface area contributed by atoms with Crippen LogP contribution in [0.25, 0.3) is 11.0 Å². The van der Waals surface area contributed by atoms with Crippen molar-refractivity contribution in [3.8, 4) is 0 Å². The van der Waals surface area contributed by atoms with Crippen LogP contribution in [0.3, 0.4) is 0 Å². The third kappa shape index (κ3) is 4.74. The largest absolute Gasteiger partial charge is 0.481 e. The van der Waals surface area contributed by atoms with Gasteiger partial charge in [0.15, 0.2) is 0 Å². The molecule has 0 radical (unpaired) electrons. The van der Waals surface area contributed by atoms with E-state index in [0.29, 0.717) is 6.42 Å². The van der Waals surface area contributed by atoms with Crippen LogP contribution in [0, 0.1) is 11.8 Å². The Morgan fingerprint density at radius 3 is 2.50 bits per heavy atom. The van der Waals surface area contributed by atoms with E-state index < -0.39 is 36.3 Å². The van der Waals surface area contributed by atoms with Crippen molar-refractivity contribution < 1.29 is 27.9 Å². The van der Waals surface area contributed by atoms with E-state index in [1.54, 1.807) is 12.1 Å². The number of carboxylic acids is 1. The molecule has 1 atom stereocenters. The number of nitrogens with one attached hydrogen (secondary N) is 1. The molecule has 0 aliphatic carbocycles. The second-order valence-electron chi connectivity index (χ2n) is 6.48. The summed E-state index contributed by atoms with van der Waals surface area (Å²) < 4.78 is 40.4. The lowest BCUT2D eigenvalue weighted by atomic mass is 9.97. The van der Waals surface area contributed by atoms with E-state index in [-0.39, 0.29) is 23.5 Å².